The van der Waals surface area contributed by atoms with Crippen LogP contribution in [-0.2, 0) is 22.9 Å². The molecule has 1 aliphatic rings. The first-order chi connectivity index (χ1) is 7.36. The number of hydrogen-bond donors (Lipinski definition) is 0. The van der Waals surface area contributed by atoms with Gasteiger partial charge in [0.2, 0.25) is 0 Å². The molecule has 5 nitrogen and oxygen atoms in total. The minimum atomic E-state index is -3.72. The summed E-state index contributed by atoms with van der Waals surface area (Å²) in [7, 11) is 0.671. The normalized spacial score (nSPS) is 29.9. The van der Waals surface area contributed by atoms with Crippen molar-refractivity contribution in [1.29, 1.82) is 0 Å². The van der Waals surface area contributed by atoms with Gasteiger partial charge in [-0.25, -0.2) is 0 Å². The van der Waals surface area contributed by atoms with E-state index in [0.717, 1.165) is 0 Å². The predicted molar refractivity (Wildman–Crippen MR) is 61.9 cm³/mol. The van der Waals surface area contributed by atoms with Gasteiger partial charge in [0, 0.05) is 0 Å². The van der Waals surface area contributed by atoms with Crippen molar-refractivity contribution in [2.45, 2.75) is 26.9 Å². The predicted octanol–water partition coefficient (Wildman–Crippen LogP) is 2.42. The molecular weight excluding hydrogens is 231 g/mol. The fourth-order valence-corrected chi connectivity index (χ4v) is 5.27. The summed E-state index contributed by atoms with van der Waals surface area (Å²) in [4.78, 5) is 11.6. The van der Waals surface area contributed by atoms with E-state index < -0.39 is 7.51 Å². The number of allylic oxidation sites excluding steroid dienone is 1. The summed E-state index contributed by atoms with van der Waals surface area (Å²) < 4.78 is 21.9. The van der Waals surface area contributed by atoms with E-state index in [1.165, 1.54) is 28.3 Å². The summed E-state index contributed by atoms with van der Waals surface area (Å²) in [6.07, 6.45) is -0.380. The van der Waals surface area contributed by atoms with Gasteiger partial charge in [-0.15, -0.1) is 0 Å². The summed E-state index contributed by atoms with van der Waals surface area (Å²) in [6, 6.07) is 0. The molecule has 94 valence electrons. The zero-order valence-electron chi connectivity index (χ0n) is 10.6. The van der Waals surface area contributed by atoms with Crippen LogP contribution >= 0.6 is 7.51 Å². The van der Waals surface area contributed by atoms with Crippen LogP contribution in [0, 0.1) is 0 Å². The summed E-state index contributed by atoms with van der Waals surface area (Å²) in [5.41, 5.74) is 0.572. The second-order valence-corrected chi connectivity index (χ2v) is 7.26. The average molecular weight is 250 g/mol. The molecule has 0 fully saturated rings. The molecule has 6 heteroatoms. The SMILES string of the molecule is COP1(OC)(OC)OC(C)C(C(C)=O)=C1C. The molecule has 0 aromatic rings. The maximum absolute atomic E-state index is 11.6. The van der Waals surface area contributed by atoms with E-state index in [2.05, 4.69) is 0 Å². The Bertz CT molecular complexity index is 334. The zero-order chi connectivity index (χ0) is 12.6. The van der Waals surface area contributed by atoms with Gasteiger partial charge >= 0.3 is 95.3 Å². The van der Waals surface area contributed by atoms with Crippen molar-refractivity contribution in [3.8, 4) is 0 Å². The summed E-state index contributed by atoms with van der Waals surface area (Å²) in [6.45, 7) is 5.04. The van der Waals surface area contributed by atoms with Crippen LogP contribution < -0.4 is 0 Å². The van der Waals surface area contributed by atoms with Gasteiger partial charge in [-0.2, -0.15) is 0 Å². The van der Waals surface area contributed by atoms with E-state index in [0.29, 0.717) is 10.9 Å². The molecule has 16 heavy (non-hydrogen) atoms. The van der Waals surface area contributed by atoms with Gasteiger partial charge in [-0.1, -0.05) is 0 Å². The van der Waals surface area contributed by atoms with E-state index >= 15 is 0 Å². The van der Waals surface area contributed by atoms with Crippen molar-refractivity contribution in [1.82, 2.24) is 0 Å². The molecule has 1 aliphatic heterocycles. The molecule has 0 saturated heterocycles. The van der Waals surface area contributed by atoms with Gasteiger partial charge in [0.05, 0.1) is 0 Å². The molecule has 0 aromatic carbocycles. The Hall–Kier alpha value is -0.320. The Kier molecular flexibility index (Phi) is 3.58. The third-order valence-corrected chi connectivity index (χ3v) is 6.91. The van der Waals surface area contributed by atoms with Crippen LogP contribution in [0.5, 0.6) is 0 Å². The molecule has 0 spiro atoms. The third kappa shape index (κ3) is 1.55. The number of ketones is 1. The molecule has 0 aliphatic carbocycles. The summed E-state index contributed by atoms with van der Waals surface area (Å²) in [5.74, 6) is -0.0531. The van der Waals surface area contributed by atoms with Gasteiger partial charge in [0.25, 0.3) is 0 Å². The first-order valence-corrected chi connectivity index (χ1v) is 6.89. The summed E-state index contributed by atoms with van der Waals surface area (Å²) >= 11 is 0. The van der Waals surface area contributed by atoms with Crippen LogP contribution in [0.25, 0.3) is 0 Å². The van der Waals surface area contributed by atoms with Crippen LogP contribution in [0.2, 0.25) is 0 Å². The Morgan fingerprint density at radius 2 is 1.69 bits per heavy atom. The molecule has 0 amide bonds. The number of rotatable bonds is 4. The van der Waals surface area contributed by atoms with Crippen LogP contribution in [0.4, 0.5) is 0 Å². The van der Waals surface area contributed by atoms with Crippen molar-refractivity contribution in [3.63, 3.8) is 0 Å². The third-order valence-electron chi connectivity index (χ3n) is 3.01. The molecule has 0 saturated carbocycles. The second-order valence-electron chi connectivity index (χ2n) is 3.66. The molecule has 1 unspecified atom stereocenters. The Morgan fingerprint density at radius 1 is 1.25 bits per heavy atom. The van der Waals surface area contributed by atoms with Crippen LogP contribution in [0.1, 0.15) is 20.8 Å². The average Bonchev–Trinajstić information content (AvgIpc) is 2.49. The van der Waals surface area contributed by atoms with Crippen molar-refractivity contribution in [3.05, 3.63) is 10.9 Å². The van der Waals surface area contributed by atoms with E-state index in [1.54, 1.807) is 13.8 Å². The Balaban J connectivity index is 3.44. The molecule has 0 radical (unpaired) electrons. The quantitative estimate of drug-likeness (QED) is 0.717. The van der Waals surface area contributed by atoms with Gasteiger partial charge in [-0.05, 0) is 0 Å². The monoisotopic (exact) mass is 250 g/mol. The molecular formula is C10H19O5P. The van der Waals surface area contributed by atoms with Crippen molar-refractivity contribution >= 4 is 13.3 Å². The van der Waals surface area contributed by atoms with Gasteiger partial charge in [0.15, 0.2) is 0 Å². The molecule has 1 rings (SSSR count). The van der Waals surface area contributed by atoms with Crippen LogP contribution in [0.3, 0.4) is 0 Å². The molecule has 1 atom stereocenters. The Labute approximate surface area is 96.0 Å². The van der Waals surface area contributed by atoms with Gasteiger partial charge < -0.3 is 0 Å². The van der Waals surface area contributed by atoms with Crippen LogP contribution in [0.15, 0.2) is 10.9 Å². The number of carbonyl (C=O) groups is 1. The standard InChI is InChI=1S/C10H19O5P/c1-7(11)10-8(2)15-16(12-4,13-5,14-6)9(10)3/h8H,1-6H3. The minimum absolute atomic E-state index is 0.0531. The van der Waals surface area contributed by atoms with Crippen molar-refractivity contribution < 1.29 is 22.9 Å². The topological polar surface area (TPSA) is 54.0 Å². The fraction of sp³-hybridized carbons (Fsp3) is 0.700. The maximum atomic E-state index is 11.6. The summed E-state index contributed by atoms with van der Waals surface area (Å²) in [5, 5.41) is 0.624. The molecule has 0 N–H and O–H groups in total. The first kappa shape index (κ1) is 13.7. The second kappa shape index (κ2) is 4.17. The number of hydrogen-bond acceptors (Lipinski definition) is 5. The van der Waals surface area contributed by atoms with Gasteiger partial charge in [-0.3, -0.25) is 0 Å². The Morgan fingerprint density at radius 3 is 1.88 bits per heavy atom. The van der Waals surface area contributed by atoms with E-state index in [-0.39, 0.29) is 11.9 Å². The fourth-order valence-electron chi connectivity index (χ4n) is 2.20. The molecule has 1 heterocycles. The zero-order valence-corrected chi connectivity index (χ0v) is 11.5. The van der Waals surface area contributed by atoms with Crippen molar-refractivity contribution in [2.24, 2.45) is 0 Å². The van der Waals surface area contributed by atoms with Gasteiger partial charge in [0.1, 0.15) is 0 Å². The number of Topliss-reactive ketones (excluding diaryl/α,β-unsaturated/α-hetero) is 1. The van der Waals surface area contributed by atoms with E-state index in [1.807, 2.05) is 0 Å². The van der Waals surface area contributed by atoms with E-state index in [4.69, 9.17) is 18.1 Å². The first-order valence-electron chi connectivity index (χ1n) is 4.98. The number of carbonyl (C=O) groups excluding carboxylic acids is 1. The van der Waals surface area contributed by atoms with Crippen molar-refractivity contribution in [2.75, 3.05) is 21.3 Å². The van der Waals surface area contributed by atoms with Crippen LogP contribution in [-0.4, -0.2) is 33.2 Å². The molecule has 0 bridgehead atoms. The molecule has 0 aromatic heterocycles. The van der Waals surface area contributed by atoms with E-state index in [9.17, 15) is 4.79 Å².